The molecule has 0 aliphatic carbocycles. The first-order valence-corrected chi connectivity index (χ1v) is 9.10. The van der Waals surface area contributed by atoms with Gasteiger partial charge in [-0.05, 0) is 26.7 Å². The highest BCUT2D eigenvalue weighted by atomic mass is 16.7. The molecule has 0 aromatic rings. The lowest BCUT2D eigenvalue weighted by molar-refractivity contribution is -0.176. The van der Waals surface area contributed by atoms with E-state index in [2.05, 4.69) is 0 Å². The monoisotopic (exact) mass is 334 g/mol. The van der Waals surface area contributed by atoms with Crippen molar-refractivity contribution in [2.75, 3.05) is 13.2 Å². The lowest BCUT2D eigenvalue weighted by Gasteiger charge is -2.25. The maximum Gasteiger partial charge on any atom is 0.311 e. The van der Waals surface area contributed by atoms with Gasteiger partial charge in [-0.2, -0.15) is 0 Å². The van der Waals surface area contributed by atoms with Gasteiger partial charge in [0.25, 0.3) is 0 Å². The van der Waals surface area contributed by atoms with E-state index in [9.17, 15) is 9.90 Å². The van der Waals surface area contributed by atoms with Crippen LogP contribution >= 0.6 is 0 Å². The van der Waals surface area contributed by atoms with E-state index < -0.39 is 23.9 Å². The van der Waals surface area contributed by atoms with Crippen molar-refractivity contribution in [1.82, 2.24) is 0 Å². The summed E-state index contributed by atoms with van der Waals surface area (Å²) in [5.74, 6) is -1.64. The molecule has 1 aliphatic heterocycles. The Morgan fingerprint density at radius 2 is 1.87 bits per heavy atom. The average Bonchev–Trinajstić information content (AvgIpc) is 3.00. The molecule has 0 aromatic heterocycles. The molecule has 1 fully saturated rings. The van der Waals surface area contributed by atoms with Crippen LogP contribution in [0, 0.1) is 5.92 Å². The van der Waals surface area contributed by atoms with Crippen molar-refractivity contribution in [3.05, 3.63) is 0 Å². The van der Waals surface area contributed by atoms with Crippen LogP contribution in [-0.4, -0.2) is 42.3 Å². The summed E-state index contributed by atoms with van der Waals surface area (Å²) in [5.41, 5.74) is 0. The molecule has 1 rings (SSSR count). The molecular weight excluding hydrogens is 296 g/mol. The zero-order chi connectivity index (χ0) is 18.5. The maximum atomic E-state index is 11.8. The van der Waals surface area contributed by atoms with E-state index in [4.69, 9.17) is 14.2 Å². The fourth-order valence-corrected chi connectivity index (χ4v) is 1.91. The molecule has 0 amide bonds. The van der Waals surface area contributed by atoms with Crippen LogP contribution in [0.2, 0.25) is 0 Å². The van der Waals surface area contributed by atoms with Crippen LogP contribution in [0.3, 0.4) is 0 Å². The van der Waals surface area contributed by atoms with Crippen LogP contribution in [0.5, 0.6) is 0 Å². The number of ether oxygens (including phenoxy) is 3. The number of carbonyl (C=O) groups excluding carboxylic acids is 1. The summed E-state index contributed by atoms with van der Waals surface area (Å²) in [6, 6.07) is 0. The Balaban J connectivity index is 0. The molecule has 4 atom stereocenters. The van der Waals surface area contributed by atoms with Gasteiger partial charge in [-0.1, -0.05) is 48.0 Å². The third-order valence-electron chi connectivity index (χ3n) is 3.60. The molecule has 140 valence electrons. The second kappa shape index (κ2) is 13.8. The molecule has 1 N–H and O–H groups in total. The number of aliphatic hydroxyl groups excluding tert-OH is 1. The van der Waals surface area contributed by atoms with Crippen molar-refractivity contribution in [3.63, 3.8) is 0 Å². The number of unbranched alkanes of at least 4 members (excludes halogenated alkanes) is 1. The van der Waals surface area contributed by atoms with Crippen LogP contribution in [0.25, 0.3) is 0 Å². The number of carbonyl (C=O) groups is 1. The zero-order valence-electron chi connectivity index (χ0n) is 16.3. The zero-order valence-corrected chi connectivity index (χ0v) is 16.3. The van der Waals surface area contributed by atoms with E-state index in [0.29, 0.717) is 19.6 Å². The highest BCUT2D eigenvalue weighted by Crippen LogP contribution is 2.29. The third-order valence-corrected chi connectivity index (χ3v) is 3.60. The minimum absolute atomic E-state index is 0.304. The Kier molecular flexibility index (Phi) is 14.7. The van der Waals surface area contributed by atoms with Gasteiger partial charge in [-0.3, -0.25) is 4.79 Å². The molecule has 1 aliphatic rings. The lowest BCUT2D eigenvalue weighted by Crippen LogP contribution is -2.39. The van der Waals surface area contributed by atoms with Crippen molar-refractivity contribution >= 4 is 5.97 Å². The van der Waals surface area contributed by atoms with Crippen LogP contribution < -0.4 is 0 Å². The normalized spacial score (nSPS) is 25.3. The molecule has 23 heavy (non-hydrogen) atoms. The van der Waals surface area contributed by atoms with Crippen molar-refractivity contribution in [2.24, 2.45) is 5.92 Å². The van der Waals surface area contributed by atoms with Crippen molar-refractivity contribution in [1.29, 1.82) is 0 Å². The Morgan fingerprint density at radius 3 is 2.30 bits per heavy atom. The first-order valence-electron chi connectivity index (χ1n) is 9.10. The van der Waals surface area contributed by atoms with Gasteiger partial charge in [0.15, 0.2) is 5.79 Å². The van der Waals surface area contributed by atoms with Crippen molar-refractivity contribution in [3.8, 4) is 0 Å². The van der Waals surface area contributed by atoms with Crippen LogP contribution in [0.1, 0.15) is 74.7 Å². The van der Waals surface area contributed by atoms with Gasteiger partial charge >= 0.3 is 5.97 Å². The van der Waals surface area contributed by atoms with Gasteiger partial charge in [0.1, 0.15) is 6.10 Å². The maximum absolute atomic E-state index is 11.8. The Labute approximate surface area is 142 Å². The van der Waals surface area contributed by atoms with Crippen LogP contribution in [-0.2, 0) is 19.0 Å². The second-order valence-corrected chi connectivity index (χ2v) is 5.25. The van der Waals surface area contributed by atoms with Gasteiger partial charge in [0, 0.05) is 0 Å². The SMILES string of the molecule is CC.CC.CCCCOC(=O)[C@H](C)[C@@H](O)[C@H]1COC(C)(CC)O1. The minimum Gasteiger partial charge on any atom is -0.465 e. The van der Waals surface area contributed by atoms with Crippen molar-refractivity contribution < 1.29 is 24.1 Å². The Morgan fingerprint density at radius 1 is 1.30 bits per heavy atom. The van der Waals surface area contributed by atoms with Gasteiger partial charge in [0.05, 0.1) is 25.2 Å². The highest BCUT2D eigenvalue weighted by Gasteiger charge is 2.42. The largest absolute Gasteiger partial charge is 0.465 e. The predicted octanol–water partition coefficient (Wildman–Crippen LogP) is 3.92. The summed E-state index contributed by atoms with van der Waals surface area (Å²) >= 11 is 0. The quantitative estimate of drug-likeness (QED) is 0.564. The molecule has 0 bridgehead atoms. The average molecular weight is 334 g/mol. The molecule has 0 saturated carbocycles. The molecule has 0 spiro atoms. The molecule has 1 saturated heterocycles. The van der Waals surface area contributed by atoms with Crippen molar-refractivity contribution in [2.45, 2.75) is 92.6 Å². The molecular formula is C18H38O5. The number of esters is 1. The number of aliphatic hydroxyl groups is 1. The predicted molar refractivity (Wildman–Crippen MR) is 93.3 cm³/mol. The summed E-state index contributed by atoms with van der Waals surface area (Å²) in [6.45, 7) is 16.2. The minimum atomic E-state index is -0.900. The molecule has 0 radical (unpaired) electrons. The van der Waals surface area contributed by atoms with Gasteiger partial charge in [-0.15, -0.1) is 0 Å². The lowest BCUT2D eigenvalue weighted by atomic mass is 10.0. The number of rotatable bonds is 7. The van der Waals surface area contributed by atoms with Gasteiger partial charge in [0.2, 0.25) is 0 Å². The number of hydrogen-bond donors (Lipinski definition) is 1. The molecule has 5 nitrogen and oxygen atoms in total. The molecule has 1 unspecified atom stereocenters. The number of hydrogen-bond acceptors (Lipinski definition) is 5. The fraction of sp³-hybridized carbons (Fsp3) is 0.944. The fourth-order valence-electron chi connectivity index (χ4n) is 1.91. The molecule has 1 heterocycles. The van der Waals surface area contributed by atoms with E-state index in [-0.39, 0.29) is 5.97 Å². The second-order valence-electron chi connectivity index (χ2n) is 5.25. The highest BCUT2D eigenvalue weighted by molar-refractivity contribution is 5.72. The van der Waals surface area contributed by atoms with Gasteiger partial charge < -0.3 is 19.3 Å². The van der Waals surface area contributed by atoms with Crippen LogP contribution in [0.4, 0.5) is 0 Å². The van der Waals surface area contributed by atoms with E-state index in [1.807, 2.05) is 48.5 Å². The Hall–Kier alpha value is -0.650. The Bertz CT molecular complexity index is 295. The summed E-state index contributed by atoms with van der Waals surface area (Å²) in [5, 5.41) is 10.2. The van der Waals surface area contributed by atoms with E-state index >= 15 is 0 Å². The first kappa shape index (κ1) is 24.6. The summed E-state index contributed by atoms with van der Waals surface area (Å²) in [4.78, 5) is 11.8. The summed E-state index contributed by atoms with van der Waals surface area (Å²) in [6.07, 6.45) is 1.14. The summed E-state index contributed by atoms with van der Waals surface area (Å²) in [7, 11) is 0. The van der Waals surface area contributed by atoms with Gasteiger partial charge in [-0.25, -0.2) is 0 Å². The first-order chi connectivity index (χ1) is 10.9. The topological polar surface area (TPSA) is 65.0 Å². The van der Waals surface area contributed by atoms with E-state index in [1.165, 1.54) is 0 Å². The molecule has 0 aromatic carbocycles. The third kappa shape index (κ3) is 8.68. The standard InChI is InChI=1S/C14H26O5.2C2H6/c1-5-7-8-17-13(16)10(3)12(15)11-9-18-14(4,6-2)19-11;2*1-2/h10-12,15H,5-9H2,1-4H3;2*1-2H3/t10-,11-,12-,14?;;/m1../s1. The molecule has 5 heteroatoms. The van der Waals surface area contributed by atoms with E-state index in [0.717, 1.165) is 12.8 Å². The van der Waals surface area contributed by atoms with Crippen LogP contribution in [0.15, 0.2) is 0 Å². The summed E-state index contributed by atoms with van der Waals surface area (Å²) < 4.78 is 16.3. The van der Waals surface area contributed by atoms with E-state index in [1.54, 1.807) is 6.92 Å². The smallest absolute Gasteiger partial charge is 0.311 e.